The molecule has 29 heavy (non-hydrogen) atoms. The standard InChI is InChI=1S/C19H27N5O4S/c1-23(2)29(26,27)14-8-6-7-13(11-14)12-28-22-17(21)15-16(20)19(9-4-5-10-19)24(3)18(15)25/h6-8,11H,4-5,9-10,12,20H2,1-3H3,(H2,21,22). The van der Waals surface area contributed by atoms with Crippen molar-refractivity contribution in [3.8, 4) is 0 Å². The number of hydrogen-bond acceptors (Lipinski definition) is 6. The number of likely N-dealkylation sites (N-methyl/N-ethyl adjacent to an activating group) is 1. The van der Waals surface area contributed by atoms with Crippen LogP contribution in [-0.2, 0) is 26.3 Å². The minimum absolute atomic E-state index is 0.000153. The normalized spacial score (nSPS) is 19.7. The lowest BCUT2D eigenvalue weighted by Crippen LogP contribution is -2.45. The van der Waals surface area contributed by atoms with Crippen molar-refractivity contribution in [2.24, 2.45) is 16.6 Å². The number of rotatable bonds is 6. The van der Waals surface area contributed by atoms with E-state index in [4.69, 9.17) is 16.3 Å². The molecular formula is C19H27N5O4S. The Morgan fingerprint density at radius 2 is 1.97 bits per heavy atom. The van der Waals surface area contributed by atoms with Crippen molar-refractivity contribution in [2.45, 2.75) is 42.7 Å². The first kappa shape index (κ1) is 21.1. The first-order chi connectivity index (χ1) is 13.6. The van der Waals surface area contributed by atoms with Crippen LogP contribution in [-0.4, -0.2) is 56.0 Å². The van der Waals surface area contributed by atoms with E-state index < -0.39 is 15.6 Å². The lowest BCUT2D eigenvalue weighted by molar-refractivity contribution is -0.127. The second-order valence-electron chi connectivity index (χ2n) is 7.58. The summed E-state index contributed by atoms with van der Waals surface area (Å²) in [6.45, 7) is -0.000153. The number of nitrogens with two attached hydrogens (primary N) is 2. The molecule has 0 unspecified atom stereocenters. The summed E-state index contributed by atoms with van der Waals surface area (Å²) in [5.74, 6) is -0.325. The monoisotopic (exact) mass is 421 g/mol. The molecule has 3 rings (SSSR count). The van der Waals surface area contributed by atoms with Crippen LogP contribution in [0.3, 0.4) is 0 Å². The van der Waals surface area contributed by atoms with Gasteiger partial charge >= 0.3 is 0 Å². The van der Waals surface area contributed by atoms with Crippen molar-refractivity contribution in [3.05, 3.63) is 41.1 Å². The Morgan fingerprint density at radius 1 is 1.31 bits per heavy atom. The van der Waals surface area contributed by atoms with Crippen LogP contribution in [0.2, 0.25) is 0 Å². The topological polar surface area (TPSA) is 131 Å². The number of amides is 1. The van der Waals surface area contributed by atoms with Crippen LogP contribution in [0.15, 0.2) is 45.6 Å². The summed E-state index contributed by atoms with van der Waals surface area (Å²) >= 11 is 0. The van der Waals surface area contributed by atoms with Crippen LogP contribution < -0.4 is 11.5 Å². The smallest absolute Gasteiger partial charge is 0.260 e. The lowest BCUT2D eigenvalue weighted by atomic mass is 9.93. The molecule has 0 aromatic heterocycles. The minimum atomic E-state index is -3.54. The molecule has 158 valence electrons. The van der Waals surface area contributed by atoms with Gasteiger partial charge in [-0.1, -0.05) is 30.1 Å². The molecule has 2 aliphatic rings. The molecule has 9 nitrogen and oxygen atoms in total. The predicted octanol–water partition coefficient (Wildman–Crippen LogP) is 0.723. The highest BCUT2D eigenvalue weighted by Crippen LogP contribution is 2.44. The van der Waals surface area contributed by atoms with Gasteiger partial charge in [0.1, 0.15) is 12.2 Å². The van der Waals surface area contributed by atoms with Crippen molar-refractivity contribution < 1.29 is 18.0 Å². The highest BCUT2D eigenvalue weighted by atomic mass is 32.2. The molecular weight excluding hydrogens is 394 g/mol. The Morgan fingerprint density at radius 3 is 2.59 bits per heavy atom. The van der Waals surface area contributed by atoms with Gasteiger partial charge in [-0.2, -0.15) is 0 Å². The van der Waals surface area contributed by atoms with Crippen LogP contribution in [0.4, 0.5) is 0 Å². The van der Waals surface area contributed by atoms with Gasteiger partial charge in [-0.05, 0) is 30.5 Å². The Bertz CT molecular complexity index is 978. The van der Waals surface area contributed by atoms with E-state index in [2.05, 4.69) is 5.16 Å². The lowest BCUT2D eigenvalue weighted by Gasteiger charge is -2.33. The van der Waals surface area contributed by atoms with Crippen molar-refractivity contribution >= 4 is 21.8 Å². The number of benzene rings is 1. The first-order valence-corrected chi connectivity index (χ1v) is 10.8. The van der Waals surface area contributed by atoms with E-state index in [0.29, 0.717) is 11.3 Å². The van der Waals surface area contributed by atoms with Crippen LogP contribution in [0.25, 0.3) is 0 Å². The Hall–Kier alpha value is -2.59. The van der Waals surface area contributed by atoms with Gasteiger partial charge in [0, 0.05) is 21.1 Å². The van der Waals surface area contributed by atoms with Crippen LogP contribution in [0.1, 0.15) is 31.2 Å². The zero-order chi connectivity index (χ0) is 21.4. The average molecular weight is 422 g/mol. The third kappa shape index (κ3) is 3.58. The SMILES string of the molecule is CN1C(=O)C(/C(N)=N\OCc2cccc(S(=O)(=O)N(C)C)c2)=C(N)C12CCCC2. The summed E-state index contributed by atoms with van der Waals surface area (Å²) in [4.78, 5) is 19.8. The molecule has 1 saturated carbocycles. The van der Waals surface area contributed by atoms with Crippen LogP contribution in [0, 0.1) is 0 Å². The molecule has 0 atom stereocenters. The maximum Gasteiger partial charge on any atom is 0.260 e. The fraction of sp³-hybridized carbons (Fsp3) is 0.474. The number of carbonyl (C=O) groups is 1. The maximum atomic E-state index is 12.7. The van der Waals surface area contributed by atoms with E-state index in [9.17, 15) is 13.2 Å². The second kappa shape index (κ2) is 7.68. The van der Waals surface area contributed by atoms with Crippen LogP contribution >= 0.6 is 0 Å². The number of oxime groups is 1. The third-order valence-corrected chi connectivity index (χ3v) is 7.50. The number of sulfonamides is 1. The van der Waals surface area contributed by atoms with Gasteiger partial charge < -0.3 is 21.2 Å². The van der Waals surface area contributed by atoms with Crippen molar-refractivity contribution in [1.29, 1.82) is 0 Å². The van der Waals surface area contributed by atoms with E-state index in [1.54, 1.807) is 24.1 Å². The molecule has 1 aliphatic heterocycles. The quantitative estimate of drug-likeness (QED) is 0.395. The highest BCUT2D eigenvalue weighted by Gasteiger charge is 2.51. The van der Waals surface area contributed by atoms with E-state index in [1.807, 2.05) is 0 Å². The van der Waals surface area contributed by atoms with E-state index >= 15 is 0 Å². The summed E-state index contributed by atoms with van der Waals surface area (Å²) in [7, 11) is 1.12. The molecule has 1 aromatic rings. The van der Waals surface area contributed by atoms with Gasteiger partial charge in [0.2, 0.25) is 10.0 Å². The van der Waals surface area contributed by atoms with Gasteiger partial charge in [-0.25, -0.2) is 12.7 Å². The minimum Gasteiger partial charge on any atom is -0.399 e. The molecule has 1 heterocycles. The van der Waals surface area contributed by atoms with Gasteiger partial charge in [-0.15, -0.1) is 0 Å². The van der Waals surface area contributed by atoms with Gasteiger partial charge in [0.05, 0.1) is 16.1 Å². The summed E-state index contributed by atoms with van der Waals surface area (Å²) in [5.41, 5.74) is 13.1. The second-order valence-corrected chi connectivity index (χ2v) is 9.73. The molecule has 4 N–H and O–H groups in total. The zero-order valence-electron chi connectivity index (χ0n) is 16.9. The molecule has 0 bridgehead atoms. The van der Waals surface area contributed by atoms with E-state index in [1.165, 1.54) is 26.2 Å². The Balaban J connectivity index is 1.76. The summed E-state index contributed by atoms with van der Waals surface area (Å²) in [6, 6.07) is 6.37. The average Bonchev–Trinajstić information content (AvgIpc) is 3.24. The first-order valence-electron chi connectivity index (χ1n) is 9.37. The van der Waals surface area contributed by atoms with Crippen molar-refractivity contribution in [3.63, 3.8) is 0 Å². The number of hydrogen-bond donors (Lipinski definition) is 2. The molecule has 1 spiro atoms. The van der Waals surface area contributed by atoms with Gasteiger partial charge in [0.25, 0.3) is 5.91 Å². The maximum absolute atomic E-state index is 12.7. The fourth-order valence-electron chi connectivity index (χ4n) is 3.93. The van der Waals surface area contributed by atoms with Crippen molar-refractivity contribution in [1.82, 2.24) is 9.21 Å². The Kier molecular flexibility index (Phi) is 5.59. The van der Waals surface area contributed by atoms with Crippen LogP contribution in [0.5, 0.6) is 0 Å². The summed E-state index contributed by atoms with van der Waals surface area (Å²) in [5, 5.41) is 3.87. The number of nitrogens with zero attached hydrogens (tertiary/aromatic N) is 3. The zero-order valence-corrected chi connectivity index (χ0v) is 17.7. The fourth-order valence-corrected chi connectivity index (χ4v) is 4.90. The molecule has 1 amide bonds. The number of carbonyl (C=O) groups excluding carboxylic acids is 1. The summed E-state index contributed by atoms with van der Waals surface area (Å²) < 4.78 is 25.6. The predicted molar refractivity (Wildman–Crippen MR) is 109 cm³/mol. The molecule has 1 aromatic carbocycles. The largest absolute Gasteiger partial charge is 0.399 e. The van der Waals surface area contributed by atoms with Gasteiger partial charge in [-0.3, -0.25) is 4.79 Å². The molecule has 1 fully saturated rings. The van der Waals surface area contributed by atoms with E-state index in [-0.39, 0.29) is 28.8 Å². The van der Waals surface area contributed by atoms with Gasteiger partial charge in [0.15, 0.2) is 5.84 Å². The number of amidine groups is 1. The van der Waals surface area contributed by atoms with E-state index in [0.717, 1.165) is 30.0 Å². The molecule has 0 radical (unpaired) electrons. The molecule has 0 saturated heterocycles. The Labute approximate surface area is 171 Å². The highest BCUT2D eigenvalue weighted by molar-refractivity contribution is 7.89. The molecule has 10 heteroatoms. The third-order valence-electron chi connectivity index (χ3n) is 5.69. The van der Waals surface area contributed by atoms with Crippen molar-refractivity contribution in [2.75, 3.05) is 21.1 Å². The molecule has 1 aliphatic carbocycles. The summed E-state index contributed by atoms with van der Waals surface area (Å²) in [6.07, 6.45) is 3.63.